The zero-order valence-corrected chi connectivity index (χ0v) is 25.1. The van der Waals surface area contributed by atoms with Crippen molar-refractivity contribution in [2.24, 2.45) is 0 Å². The van der Waals surface area contributed by atoms with Gasteiger partial charge in [-0.05, 0) is 85.8 Å². The lowest BCUT2D eigenvalue weighted by Gasteiger charge is -2.33. The Morgan fingerprint density at radius 2 is 1.95 bits per heavy atom. The number of halogens is 3. The highest BCUT2D eigenvalue weighted by molar-refractivity contribution is 5.89. The average molecular weight is 610 g/mol. The SMILES string of the molecule is CC/C1=C/O/C=C2\C(=C3\CCCC4=C3N(CC4)C(C)C1)CN(C(=O)O)N2CCCOc1cccc2cc(C(F)(F)F)ccc12. The fraction of sp³-hybridized carbons (Fsp3) is 0.441. The maximum absolute atomic E-state index is 13.2. The summed E-state index contributed by atoms with van der Waals surface area (Å²) in [5.41, 5.74) is 6.24. The highest BCUT2D eigenvalue weighted by Crippen LogP contribution is 2.45. The first kappa shape index (κ1) is 30.0. The zero-order valence-electron chi connectivity index (χ0n) is 25.1. The molecule has 4 aliphatic rings. The minimum atomic E-state index is -4.42. The molecule has 10 heteroatoms. The van der Waals surface area contributed by atoms with Crippen LogP contribution in [0.3, 0.4) is 0 Å². The number of benzene rings is 2. The van der Waals surface area contributed by atoms with Crippen molar-refractivity contribution >= 4 is 16.9 Å². The standard InChI is InChI=1S/C34H38F3N3O4/c1-3-23-17-22(2)38-15-13-24-7-4-9-28(32(24)38)29-19-40(33(41)42)39(30(29)21-43-20-23)14-6-16-44-31-10-5-8-25-18-26(34(35,36)37)11-12-27(25)31/h5,8,10-12,18,20-22H,3-4,6-7,9,13-17,19H2,1-2H3,(H,41,42)/b23-20-,29-28-,30-21+. The molecule has 0 saturated carbocycles. The third kappa shape index (κ3) is 5.74. The van der Waals surface area contributed by atoms with Crippen LogP contribution in [0.4, 0.5) is 18.0 Å². The number of carboxylic acid groups (broad SMARTS) is 1. The molecule has 1 N–H and O–H groups in total. The lowest BCUT2D eigenvalue weighted by Crippen LogP contribution is -2.40. The van der Waals surface area contributed by atoms with Gasteiger partial charge in [-0.3, -0.25) is 5.01 Å². The van der Waals surface area contributed by atoms with E-state index in [4.69, 9.17) is 9.47 Å². The second kappa shape index (κ2) is 12.1. The molecule has 1 amide bonds. The van der Waals surface area contributed by atoms with Gasteiger partial charge in [0.25, 0.3) is 0 Å². The number of allylic oxidation sites excluding steroid dienone is 1. The quantitative estimate of drug-likeness (QED) is 0.333. The summed E-state index contributed by atoms with van der Waals surface area (Å²) >= 11 is 0. The number of amides is 1. The summed E-state index contributed by atoms with van der Waals surface area (Å²) in [7, 11) is 0. The Bertz CT molecular complexity index is 1580. The number of hydrazine groups is 1. The van der Waals surface area contributed by atoms with Crippen LogP contribution in [0.25, 0.3) is 10.8 Å². The molecule has 1 aliphatic carbocycles. The number of carbonyl (C=O) groups is 1. The molecule has 3 aliphatic heterocycles. The van der Waals surface area contributed by atoms with Gasteiger partial charge < -0.3 is 19.5 Å². The topological polar surface area (TPSA) is 65.5 Å². The first-order valence-corrected chi connectivity index (χ1v) is 15.4. The maximum Gasteiger partial charge on any atom is 0.426 e. The number of nitrogens with zero attached hydrogens (tertiary/aromatic N) is 3. The molecule has 0 aromatic heterocycles. The summed E-state index contributed by atoms with van der Waals surface area (Å²) < 4.78 is 51.7. The largest absolute Gasteiger partial charge is 0.493 e. The Hall–Kier alpha value is -4.08. The molecule has 234 valence electrons. The monoisotopic (exact) mass is 609 g/mol. The van der Waals surface area contributed by atoms with Crippen molar-refractivity contribution in [1.82, 2.24) is 14.9 Å². The Labute approximate surface area is 255 Å². The summed E-state index contributed by atoms with van der Waals surface area (Å²) in [5.74, 6) is 0.488. The first-order valence-electron chi connectivity index (χ1n) is 15.4. The van der Waals surface area contributed by atoms with Crippen LogP contribution < -0.4 is 4.74 Å². The molecule has 2 aromatic rings. The summed E-state index contributed by atoms with van der Waals surface area (Å²) in [5, 5.41) is 14.4. The van der Waals surface area contributed by atoms with Crippen LogP contribution in [-0.2, 0) is 10.9 Å². The van der Waals surface area contributed by atoms with Crippen LogP contribution >= 0.6 is 0 Å². The van der Waals surface area contributed by atoms with E-state index >= 15 is 0 Å². The smallest absolute Gasteiger partial charge is 0.426 e. The normalized spacial score (nSPS) is 24.7. The second-order valence-corrected chi connectivity index (χ2v) is 11.9. The predicted octanol–water partition coefficient (Wildman–Crippen LogP) is 8.22. The van der Waals surface area contributed by atoms with Crippen molar-refractivity contribution in [2.45, 2.75) is 71.0 Å². The fourth-order valence-electron chi connectivity index (χ4n) is 6.96. The second-order valence-electron chi connectivity index (χ2n) is 11.9. The molecule has 0 spiro atoms. The van der Waals surface area contributed by atoms with E-state index < -0.39 is 17.8 Å². The molecule has 0 radical (unpaired) electrons. The van der Waals surface area contributed by atoms with Crippen molar-refractivity contribution < 1.29 is 32.5 Å². The fourth-order valence-corrected chi connectivity index (χ4v) is 6.96. The predicted molar refractivity (Wildman–Crippen MR) is 161 cm³/mol. The summed E-state index contributed by atoms with van der Waals surface area (Å²) in [6.07, 6.45) is 4.36. The zero-order chi connectivity index (χ0) is 31.0. The van der Waals surface area contributed by atoms with Crippen molar-refractivity contribution in [3.63, 3.8) is 0 Å². The molecular formula is C34H38F3N3O4. The van der Waals surface area contributed by atoms with Gasteiger partial charge in [-0.2, -0.15) is 13.2 Å². The Balaban J connectivity index is 1.26. The molecule has 6 rings (SSSR count). The van der Waals surface area contributed by atoms with Crippen molar-refractivity contribution in [2.75, 3.05) is 26.2 Å². The van der Waals surface area contributed by atoms with Crippen LogP contribution in [0.1, 0.15) is 64.4 Å². The van der Waals surface area contributed by atoms with E-state index in [1.165, 1.54) is 33.5 Å². The van der Waals surface area contributed by atoms with Gasteiger partial charge in [0.1, 0.15) is 12.0 Å². The number of hydrogen-bond acceptors (Lipinski definition) is 5. The molecule has 1 fully saturated rings. The van der Waals surface area contributed by atoms with Crippen LogP contribution in [-0.4, -0.2) is 58.4 Å². The van der Waals surface area contributed by atoms with Crippen LogP contribution in [0.5, 0.6) is 5.75 Å². The summed E-state index contributed by atoms with van der Waals surface area (Å²) in [6.45, 7) is 6.22. The van der Waals surface area contributed by atoms with Gasteiger partial charge in [-0.15, -0.1) is 0 Å². The highest BCUT2D eigenvalue weighted by atomic mass is 19.4. The molecular weight excluding hydrogens is 571 g/mol. The molecule has 44 heavy (non-hydrogen) atoms. The van der Waals surface area contributed by atoms with E-state index in [0.29, 0.717) is 35.5 Å². The molecule has 2 aromatic carbocycles. The van der Waals surface area contributed by atoms with Crippen molar-refractivity contribution in [3.05, 3.63) is 88.2 Å². The van der Waals surface area contributed by atoms with Gasteiger partial charge in [0.15, 0.2) is 0 Å². The molecule has 3 heterocycles. The lowest BCUT2D eigenvalue weighted by atomic mass is 9.87. The number of hydrogen-bond donors (Lipinski definition) is 1. The molecule has 0 bridgehead atoms. The Kier molecular flexibility index (Phi) is 8.26. The van der Waals surface area contributed by atoms with E-state index in [1.54, 1.807) is 29.5 Å². The van der Waals surface area contributed by atoms with E-state index in [1.807, 2.05) is 6.26 Å². The van der Waals surface area contributed by atoms with Crippen molar-refractivity contribution in [3.8, 4) is 5.75 Å². The van der Waals surface area contributed by atoms with E-state index in [0.717, 1.165) is 68.5 Å². The molecule has 1 saturated heterocycles. The van der Waals surface area contributed by atoms with Crippen LogP contribution in [0.15, 0.2) is 82.6 Å². The Morgan fingerprint density at radius 1 is 1.11 bits per heavy atom. The van der Waals surface area contributed by atoms with E-state index in [-0.39, 0.29) is 13.2 Å². The molecule has 7 nitrogen and oxygen atoms in total. The lowest BCUT2D eigenvalue weighted by molar-refractivity contribution is -0.137. The number of fused-ring (bicyclic) bond motifs is 2. The average Bonchev–Trinajstić information content (AvgIpc) is 3.59. The summed E-state index contributed by atoms with van der Waals surface area (Å²) in [4.78, 5) is 15.0. The maximum atomic E-state index is 13.2. The van der Waals surface area contributed by atoms with Gasteiger partial charge in [0.05, 0.1) is 30.7 Å². The van der Waals surface area contributed by atoms with Gasteiger partial charge in [0.2, 0.25) is 0 Å². The third-order valence-corrected chi connectivity index (χ3v) is 9.14. The van der Waals surface area contributed by atoms with Gasteiger partial charge in [0, 0.05) is 42.2 Å². The first-order chi connectivity index (χ1) is 21.2. The van der Waals surface area contributed by atoms with Crippen molar-refractivity contribution in [1.29, 1.82) is 0 Å². The number of ether oxygens (including phenoxy) is 2. The Morgan fingerprint density at radius 3 is 2.73 bits per heavy atom. The minimum Gasteiger partial charge on any atom is -0.493 e. The van der Waals surface area contributed by atoms with Crippen LogP contribution in [0.2, 0.25) is 0 Å². The van der Waals surface area contributed by atoms with Gasteiger partial charge >= 0.3 is 12.3 Å². The minimum absolute atomic E-state index is 0.245. The van der Waals surface area contributed by atoms with Gasteiger partial charge in [-0.1, -0.05) is 25.1 Å². The van der Waals surface area contributed by atoms with E-state index in [2.05, 4.69) is 18.7 Å². The summed E-state index contributed by atoms with van der Waals surface area (Å²) in [6, 6.07) is 8.96. The van der Waals surface area contributed by atoms with E-state index in [9.17, 15) is 23.1 Å². The van der Waals surface area contributed by atoms with Gasteiger partial charge in [-0.25, -0.2) is 9.80 Å². The number of rotatable bonds is 6. The number of alkyl halides is 3. The highest BCUT2D eigenvalue weighted by Gasteiger charge is 2.40. The van der Waals surface area contributed by atoms with Crippen LogP contribution in [0, 0.1) is 0 Å². The molecule has 1 unspecified atom stereocenters. The third-order valence-electron chi connectivity index (χ3n) is 9.14. The molecule has 1 atom stereocenters.